The largest absolute Gasteiger partial charge is 0.444 e. The molecule has 128 valence electrons. The Hall–Kier alpha value is -1.99. The number of anilines is 1. The summed E-state index contributed by atoms with van der Waals surface area (Å²) in [4.78, 5) is 17.2. The first kappa shape index (κ1) is 17.4. The van der Waals surface area contributed by atoms with Crippen LogP contribution in [0.1, 0.15) is 32.8 Å². The lowest BCUT2D eigenvalue weighted by atomic mass is 10.2. The summed E-state index contributed by atoms with van der Waals surface area (Å²) in [5, 5.41) is 2.73. The van der Waals surface area contributed by atoms with Crippen LogP contribution in [0.4, 0.5) is 23.7 Å². The molecular weight excluding hydrogens is 311 g/mol. The molecule has 1 aromatic heterocycles. The summed E-state index contributed by atoms with van der Waals surface area (Å²) in [7, 11) is 0. The lowest BCUT2D eigenvalue weighted by Crippen LogP contribution is -2.40. The predicted octanol–water partition coefficient (Wildman–Crippen LogP) is 3.20. The molecule has 1 N–H and O–H groups in total. The molecule has 1 aliphatic rings. The van der Waals surface area contributed by atoms with Crippen LogP contribution in [-0.4, -0.2) is 35.8 Å². The number of carbonyl (C=O) groups excluding carboxylic acids is 1. The molecule has 1 amide bonds. The van der Waals surface area contributed by atoms with Crippen LogP contribution in [0, 0.1) is 0 Å². The zero-order valence-corrected chi connectivity index (χ0v) is 13.3. The predicted molar refractivity (Wildman–Crippen MR) is 79.2 cm³/mol. The van der Waals surface area contributed by atoms with Gasteiger partial charge in [-0.2, -0.15) is 13.2 Å². The van der Waals surface area contributed by atoms with Crippen molar-refractivity contribution >= 4 is 11.8 Å². The van der Waals surface area contributed by atoms with E-state index in [0.29, 0.717) is 25.2 Å². The molecule has 1 atom stereocenters. The van der Waals surface area contributed by atoms with Crippen molar-refractivity contribution in [1.29, 1.82) is 0 Å². The van der Waals surface area contributed by atoms with Gasteiger partial charge in [0.15, 0.2) is 0 Å². The van der Waals surface area contributed by atoms with E-state index in [1.165, 1.54) is 6.20 Å². The molecule has 0 saturated carbocycles. The van der Waals surface area contributed by atoms with Crippen molar-refractivity contribution in [2.75, 3.05) is 18.0 Å². The van der Waals surface area contributed by atoms with Gasteiger partial charge in [0, 0.05) is 19.3 Å². The average Bonchev–Trinajstić information content (AvgIpc) is 2.84. The summed E-state index contributed by atoms with van der Waals surface area (Å²) in [5.74, 6) is 0. The number of hydrogen-bond donors (Lipinski definition) is 1. The Bertz CT molecular complexity index is 570. The summed E-state index contributed by atoms with van der Waals surface area (Å²) in [6.07, 6.45) is -2.11. The third-order valence-electron chi connectivity index (χ3n) is 3.33. The fourth-order valence-electron chi connectivity index (χ4n) is 2.34. The third kappa shape index (κ3) is 5.01. The van der Waals surface area contributed by atoms with Crippen LogP contribution in [-0.2, 0) is 10.9 Å². The molecule has 8 heteroatoms. The molecule has 2 heterocycles. The minimum absolute atomic E-state index is 0.167. The molecule has 0 unspecified atom stereocenters. The van der Waals surface area contributed by atoms with Crippen LogP contribution in [0.5, 0.6) is 0 Å². The molecule has 23 heavy (non-hydrogen) atoms. The number of alkyl carbamates (subject to hydrolysis) is 1. The zero-order valence-electron chi connectivity index (χ0n) is 13.3. The Kier molecular flexibility index (Phi) is 4.72. The Morgan fingerprint density at radius 3 is 2.65 bits per heavy atom. The Balaban J connectivity index is 1.97. The molecule has 1 saturated heterocycles. The number of aromatic nitrogens is 1. The molecule has 0 aromatic carbocycles. The van der Waals surface area contributed by atoms with Crippen LogP contribution < -0.4 is 10.2 Å². The van der Waals surface area contributed by atoms with E-state index < -0.39 is 23.4 Å². The Morgan fingerprint density at radius 1 is 1.35 bits per heavy atom. The van der Waals surface area contributed by atoms with E-state index in [1.54, 1.807) is 25.7 Å². The van der Waals surface area contributed by atoms with Crippen LogP contribution in [0.3, 0.4) is 0 Å². The zero-order chi connectivity index (χ0) is 17.3. The first-order chi connectivity index (χ1) is 10.5. The molecule has 0 aliphatic carbocycles. The van der Waals surface area contributed by atoms with Gasteiger partial charge in [0.1, 0.15) is 5.60 Å². The molecule has 1 aromatic rings. The number of amides is 1. The highest BCUT2D eigenvalue weighted by Crippen LogP contribution is 2.31. The minimum atomic E-state index is -4.42. The van der Waals surface area contributed by atoms with E-state index in [1.807, 2.05) is 0 Å². The number of carbonyl (C=O) groups is 1. The number of alkyl halides is 3. The number of halogens is 3. The number of nitrogens with zero attached hydrogens (tertiary/aromatic N) is 2. The smallest absolute Gasteiger partial charge is 0.417 e. The maximum absolute atomic E-state index is 12.7. The number of pyridine rings is 1. The lowest BCUT2D eigenvalue weighted by Gasteiger charge is -2.22. The van der Waals surface area contributed by atoms with Crippen LogP contribution in [0.2, 0.25) is 0 Å². The highest BCUT2D eigenvalue weighted by atomic mass is 19.4. The third-order valence-corrected chi connectivity index (χ3v) is 3.33. The van der Waals surface area contributed by atoms with Crippen molar-refractivity contribution in [2.45, 2.75) is 45.0 Å². The van der Waals surface area contributed by atoms with E-state index in [4.69, 9.17) is 4.74 Å². The van der Waals surface area contributed by atoms with E-state index in [9.17, 15) is 18.0 Å². The monoisotopic (exact) mass is 331 g/mol. The maximum Gasteiger partial charge on any atom is 0.417 e. The number of hydrogen-bond acceptors (Lipinski definition) is 4. The normalized spacial score (nSPS) is 18.9. The number of rotatable bonds is 2. The van der Waals surface area contributed by atoms with E-state index in [0.717, 1.165) is 12.3 Å². The second kappa shape index (κ2) is 6.25. The van der Waals surface area contributed by atoms with Gasteiger partial charge in [0.25, 0.3) is 0 Å². The van der Waals surface area contributed by atoms with Crippen molar-refractivity contribution < 1.29 is 22.7 Å². The summed E-state index contributed by atoms with van der Waals surface area (Å²) in [6.45, 7) is 6.26. The van der Waals surface area contributed by atoms with E-state index in [-0.39, 0.29) is 6.04 Å². The average molecular weight is 331 g/mol. The first-order valence-electron chi connectivity index (χ1n) is 7.31. The van der Waals surface area contributed by atoms with E-state index in [2.05, 4.69) is 10.3 Å². The number of nitrogens with one attached hydrogen (secondary N) is 1. The highest BCUT2D eigenvalue weighted by Gasteiger charge is 2.32. The molecule has 0 radical (unpaired) electrons. The standard InChI is InChI=1S/C15H20F3N3O2/c1-14(2,3)23-13(22)20-11-4-5-21(9-11)12-6-10(7-19-8-12)15(16,17)18/h6-8,11H,4-5,9H2,1-3H3,(H,20,22)/t11-/m1/s1. The van der Waals surface area contributed by atoms with Gasteiger partial charge >= 0.3 is 12.3 Å². The molecular formula is C15H20F3N3O2. The maximum atomic E-state index is 12.7. The van der Waals surface area contributed by atoms with Crippen molar-refractivity contribution in [1.82, 2.24) is 10.3 Å². The highest BCUT2D eigenvalue weighted by molar-refractivity contribution is 5.68. The Labute approximate surface area is 132 Å². The van der Waals surface area contributed by atoms with Gasteiger partial charge < -0.3 is 15.0 Å². The lowest BCUT2D eigenvalue weighted by molar-refractivity contribution is -0.137. The SMILES string of the molecule is CC(C)(C)OC(=O)N[C@@H]1CCN(c2cncc(C(F)(F)F)c2)C1. The fraction of sp³-hybridized carbons (Fsp3) is 0.600. The minimum Gasteiger partial charge on any atom is -0.444 e. The first-order valence-corrected chi connectivity index (χ1v) is 7.31. The van der Waals surface area contributed by atoms with Gasteiger partial charge in [0.05, 0.1) is 23.5 Å². The summed E-state index contributed by atoms with van der Waals surface area (Å²) >= 11 is 0. The van der Waals surface area contributed by atoms with Crippen molar-refractivity contribution in [3.63, 3.8) is 0 Å². The van der Waals surface area contributed by atoms with Crippen LogP contribution >= 0.6 is 0 Å². The molecule has 1 aliphatic heterocycles. The second-order valence-corrected chi connectivity index (χ2v) is 6.51. The van der Waals surface area contributed by atoms with Crippen molar-refractivity contribution in [3.05, 3.63) is 24.0 Å². The second-order valence-electron chi connectivity index (χ2n) is 6.51. The Morgan fingerprint density at radius 2 is 2.04 bits per heavy atom. The quantitative estimate of drug-likeness (QED) is 0.904. The van der Waals surface area contributed by atoms with Crippen molar-refractivity contribution in [2.24, 2.45) is 0 Å². The van der Waals surface area contributed by atoms with E-state index >= 15 is 0 Å². The summed E-state index contributed by atoms with van der Waals surface area (Å²) < 4.78 is 43.4. The fourth-order valence-corrected chi connectivity index (χ4v) is 2.34. The van der Waals surface area contributed by atoms with Gasteiger partial charge in [-0.05, 0) is 33.3 Å². The van der Waals surface area contributed by atoms with Gasteiger partial charge in [-0.1, -0.05) is 0 Å². The van der Waals surface area contributed by atoms with Gasteiger partial charge in [-0.25, -0.2) is 4.79 Å². The topological polar surface area (TPSA) is 54.5 Å². The molecule has 0 spiro atoms. The molecule has 5 nitrogen and oxygen atoms in total. The number of ether oxygens (including phenoxy) is 1. The van der Waals surface area contributed by atoms with Gasteiger partial charge in [-0.3, -0.25) is 4.98 Å². The molecule has 2 rings (SSSR count). The van der Waals surface area contributed by atoms with Gasteiger partial charge in [-0.15, -0.1) is 0 Å². The molecule has 0 bridgehead atoms. The van der Waals surface area contributed by atoms with Crippen LogP contribution in [0.15, 0.2) is 18.5 Å². The van der Waals surface area contributed by atoms with Gasteiger partial charge in [0.2, 0.25) is 0 Å². The summed E-state index contributed by atoms with van der Waals surface area (Å²) in [6, 6.07) is 0.905. The molecule has 1 fully saturated rings. The van der Waals surface area contributed by atoms with Crippen LogP contribution in [0.25, 0.3) is 0 Å². The summed E-state index contributed by atoms with van der Waals surface area (Å²) in [5.41, 5.74) is -0.972. The van der Waals surface area contributed by atoms with Crippen molar-refractivity contribution in [3.8, 4) is 0 Å².